The van der Waals surface area contributed by atoms with Crippen LogP contribution in [0.25, 0.3) is 0 Å². The van der Waals surface area contributed by atoms with Gasteiger partial charge in [-0.2, -0.15) is 5.26 Å². The van der Waals surface area contributed by atoms with Gasteiger partial charge in [-0.15, -0.1) is 0 Å². The second kappa shape index (κ2) is 6.31. The molecule has 0 bridgehead atoms. The lowest BCUT2D eigenvalue weighted by atomic mass is 10.2. The van der Waals surface area contributed by atoms with Gasteiger partial charge in [-0.05, 0) is 24.3 Å². The fraction of sp³-hybridized carbons (Fsp3) is 0.133. The van der Waals surface area contributed by atoms with Crippen molar-refractivity contribution in [3.8, 4) is 17.6 Å². The van der Waals surface area contributed by atoms with E-state index in [2.05, 4.69) is 0 Å². The Morgan fingerprint density at radius 2 is 1.68 bits per heavy atom. The van der Waals surface area contributed by atoms with Crippen molar-refractivity contribution in [3.63, 3.8) is 0 Å². The van der Waals surface area contributed by atoms with E-state index >= 15 is 0 Å². The average Bonchev–Trinajstić information content (AvgIpc) is 2.46. The van der Waals surface area contributed by atoms with Crippen LogP contribution in [-0.4, -0.2) is 13.2 Å². The molecule has 4 heteroatoms. The van der Waals surface area contributed by atoms with Gasteiger partial charge in [0, 0.05) is 0 Å². The standard InChI is InChI=1S/C15H14N2O2/c16-11-12-5-4-8-14(15(12)17)19-10-9-18-13-6-2-1-3-7-13/h1-8H,9-10,17H2. The minimum atomic E-state index is 0.365. The third-order valence-corrected chi connectivity index (χ3v) is 2.54. The summed E-state index contributed by atoms with van der Waals surface area (Å²) >= 11 is 0. The fourth-order valence-electron chi connectivity index (χ4n) is 1.60. The van der Waals surface area contributed by atoms with Gasteiger partial charge in [0.15, 0.2) is 0 Å². The Labute approximate surface area is 112 Å². The van der Waals surface area contributed by atoms with Gasteiger partial charge in [0.1, 0.15) is 30.8 Å². The zero-order valence-electron chi connectivity index (χ0n) is 10.4. The quantitative estimate of drug-likeness (QED) is 0.657. The molecular weight excluding hydrogens is 240 g/mol. The van der Waals surface area contributed by atoms with E-state index in [0.29, 0.717) is 30.2 Å². The van der Waals surface area contributed by atoms with Gasteiger partial charge in [0.05, 0.1) is 11.3 Å². The van der Waals surface area contributed by atoms with Crippen LogP contribution in [0.2, 0.25) is 0 Å². The van der Waals surface area contributed by atoms with Crippen molar-refractivity contribution in [3.05, 3.63) is 54.1 Å². The number of nitriles is 1. The van der Waals surface area contributed by atoms with Gasteiger partial charge in [0.25, 0.3) is 0 Å². The summed E-state index contributed by atoms with van der Waals surface area (Å²) in [6.45, 7) is 0.786. The molecule has 0 amide bonds. The summed E-state index contributed by atoms with van der Waals surface area (Å²) < 4.78 is 11.0. The SMILES string of the molecule is N#Cc1cccc(OCCOc2ccccc2)c1N. The largest absolute Gasteiger partial charge is 0.490 e. The third-order valence-electron chi connectivity index (χ3n) is 2.54. The number of nitrogen functional groups attached to an aromatic ring is 1. The second-order valence-corrected chi connectivity index (χ2v) is 3.84. The first-order valence-corrected chi connectivity index (χ1v) is 5.90. The van der Waals surface area contributed by atoms with Crippen molar-refractivity contribution in [2.24, 2.45) is 0 Å². The van der Waals surface area contributed by atoms with E-state index < -0.39 is 0 Å². The molecular formula is C15H14N2O2. The van der Waals surface area contributed by atoms with Gasteiger partial charge in [-0.1, -0.05) is 24.3 Å². The highest BCUT2D eigenvalue weighted by Gasteiger charge is 2.05. The van der Waals surface area contributed by atoms with Crippen molar-refractivity contribution in [1.29, 1.82) is 5.26 Å². The average molecular weight is 254 g/mol. The molecule has 0 unspecified atom stereocenters. The number of rotatable bonds is 5. The van der Waals surface area contributed by atoms with Crippen LogP contribution in [0.3, 0.4) is 0 Å². The molecule has 0 radical (unpaired) electrons. The minimum absolute atomic E-state index is 0.365. The number of ether oxygens (including phenoxy) is 2. The van der Waals surface area contributed by atoms with E-state index in [1.54, 1.807) is 18.2 Å². The van der Waals surface area contributed by atoms with Crippen LogP contribution in [0.5, 0.6) is 11.5 Å². The summed E-state index contributed by atoms with van der Waals surface area (Å²) in [5.74, 6) is 1.31. The molecule has 0 aliphatic rings. The smallest absolute Gasteiger partial charge is 0.143 e. The van der Waals surface area contributed by atoms with E-state index in [-0.39, 0.29) is 0 Å². The highest BCUT2D eigenvalue weighted by molar-refractivity contribution is 5.62. The normalized spacial score (nSPS) is 9.63. The molecule has 0 saturated heterocycles. The number of hydrogen-bond donors (Lipinski definition) is 1. The van der Waals surface area contributed by atoms with Crippen LogP contribution in [-0.2, 0) is 0 Å². The Kier molecular flexibility index (Phi) is 4.25. The molecule has 0 saturated carbocycles. The molecule has 0 heterocycles. The summed E-state index contributed by atoms with van der Waals surface area (Å²) in [4.78, 5) is 0. The lowest BCUT2D eigenvalue weighted by Gasteiger charge is -2.10. The molecule has 0 aromatic heterocycles. The first kappa shape index (κ1) is 12.8. The van der Waals surface area contributed by atoms with Crippen LogP contribution < -0.4 is 15.2 Å². The Morgan fingerprint density at radius 3 is 2.42 bits per heavy atom. The zero-order chi connectivity index (χ0) is 13.5. The van der Waals surface area contributed by atoms with Crippen LogP contribution in [0, 0.1) is 11.3 Å². The van der Waals surface area contributed by atoms with Crippen LogP contribution in [0.15, 0.2) is 48.5 Å². The minimum Gasteiger partial charge on any atom is -0.490 e. The first-order chi connectivity index (χ1) is 9.31. The molecule has 0 atom stereocenters. The van der Waals surface area contributed by atoms with Gasteiger partial charge < -0.3 is 15.2 Å². The molecule has 2 aromatic carbocycles. The topological polar surface area (TPSA) is 68.3 Å². The molecule has 4 nitrogen and oxygen atoms in total. The molecule has 2 aromatic rings. The lowest BCUT2D eigenvalue weighted by molar-refractivity contribution is 0.218. The Morgan fingerprint density at radius 1 is 0.947 bits per heavy atom. The van der Waals surface area contributed by atoms with E-state index in [9.17, 15) is 0 Å². The Hall–Kier alpha value is -2.67. The van der Waals surface area contributed by atoms with Crippen molar-refractivity contribution < 1.29 is 9.47 Å². The maximum atomic E-state index is 8.85. The summed E-state index contributed by atoms with van der Waals surface area (Å²) in [6, 6.07) is 16.6. The van der Waals surface area contributed by atoms with Gasteiger partial charge in [-0.3, -0.25) is 0 Å². The fourth-order valence-corrected chi connectivity index (χ4v) is 1.60. The van der Waals surface area contributed by atoms with E-state index in [1.807, 2.05) is 36.4 Å². The molecule has 0 aliphatic carbocycles. The van der Waals surface area contributed by atoms with E-state index in [4.69, 9.17) is 20.5 Å². The summed E-state index contributed by atoms with van der Waals surface area (Å²) in [5.41, 5.74) is 6.58. The van der Waals surface area contributed by atoms with Crippen molar-refractivity contribution in [2.45, 2.75) is 0 Å². The maximum Gasteiger partial charge on any atom is 0.143 e. The van der Waals surface area contributed by atoms with Crippen molar-refractivity contribution >= 4 is 5.69 Å². The lowest BCUT2D eigenvalue weighted by Crippen LogP contribution is -2.10. The van der Waals surface area contributed by atoms with Gasteiger partial charge >= 0.3 is 0 Å². The Balaban J connectivity index is 1.85. The molecule has 96 valence electrons. The number of para-hydroxylation sites is 2. The van der Waals surface area contributed by atoms with Crippen LogP contribution in [0.1, 0.15) is 5.56 Å². The highest BCUT2D eigenvalue weighted by atomic mass is 16.5. The molecule has 0 fully saturated rings. The van der Waals surface area contributed by atoms with Gasteiger partial charge in [0.2, 0.25) is 0 Å². The van der Waals surface area contributed by atoms with Crippen molar-refractivity contribution in [1.82, 2.24) is 0 Å². The van der Waals surface area contributed by atoms with Crippen molar-refractivity contribution in [2.75, 3.05) is 18.9 Å². The molecule has 19 heavy (non-hydrogen) atoms. The molecule has 0 aliphatic heterocycles. The number of hydrogen-bond acceptors (Lipinski definition) is 4. The monoisotopic (exact) mass is 254 g/mol. The summed E-state index contributed by atoms with van der Waals surface area (Å²) in [5, 5.41) is 8.85. The van der Waals surface area contributed by atoms with E-state index in [0.717, 1.165) is 5.75 Å². The third kappa shape index (κ3) is 3.39. The van der Waals surface area contributed by atoms with E-state index in [1.165, 1.54) is 0 Å². The number of anilines is 1. The summed E-state index contributed by atoms with van der Waals surface area (Å²) in [6.07, 6.45) is 0. The zero-order valence-corrected chi connectivity index (χ0v) is 10.4. The Bertz CT molecular complexity index is 576. The number of nitrogens with two attached hydrogens (primary N) is 1. The second-order valence-electron chi connectivity index (χ2n) is 3.84. The molecule has 2 N–H and O–H groups in total. The highest BCUT2D eigenvalue weighted by Crippen LogP contribution is 2.24. The van der Waals surface area contributed by atoms with Gasteiger partial charge in [-0.25, -0.2) is 0 Å². The predicted molar refractivity (Wildman–Crippen MR) is 73.0 cm³/mol. The number of nitrogens with zero attached hydrogens (tertiary/aromatic N) is 1. The molecule has 2 rings (SSSR count). The maximum absolute atomic E-state index is 8.85. The summed E-state index contributed by atoms with van der Waals surface area (Å²) in [7, 11) is 0. The predicted octanol–water partition coefficient (Wildman–Crippen LogP) is 2.60. The first-order valence-electron chi connectivity index (χ1n) is 5.90. The van der Waals surface area contributed by atoms with Crippen LogP contribution >= 0.6 is 0 Å². The number of benzene rings is 2. The molecule has 0 spiro atoms. The van der Waals surface area contributed by atoms with Crippen LogP contribution in [0.4, 0.5) is 5.69 Å².